The molecule has 0 aliphatic heterocycles. The van der Waals surface area contributed by atoms with Gasteiger partial charge in [-0.05, 0) is 41.3 Å². The number of nitrogens with one attached hydrogen (secondary N) is 2. The Morgan fingerprint density at radius 1 is 1.38 bits per heavy atom. The lowest BCUT2D eigenvalue weighted by Gasteiger charge is -2.24. The molecule has 0 aliphatic carbocycles. The fourth-order valence-electron chi connectivity index (χ4n) is 1.20. The summed E-state index contributed by atoms with van der Waals surface area (Å²) in [4.78, 5) is 13.9. The summed E-state index contributed by atoms with van der Waals surface area (Å²) < 4.78 is 0. The van der Waals surface area contributed by atoms with E-state index in [0.29, 0.717) is 0 Å². The third-order valence-electron chi connectivity index (χ3n) is 2.38. The van der Waals surface area contributed by atoms with Gasteiger partial charge in [-0.1, -0.05) is 6.92 Å². The van der Waals surface area contributed by atoms with Crippen LogP contribution in [0.4, 0.5) is 0 Å². The first-order chi connectivity index (χ1) is 7.26. The zero-order valence-electron chi connectivity index (χ0n) is 11.6. The van der Waals surface area contributed by atoms with Crippen LogP contribution >= 0.6 is 0 Å². The van der Waals surface area contributed by atoms with Gasteiger partial charge in [0.2, 0.25) is 5.91 Å². The van der Waals surface area contributed by atoms with Crippen LogP contribution in [0.5, 0.6) is 0 Å². The highest BCUT2D eigenvalue weighted by molar-refractivity contribution is 5.81. The monoisotopic (exact) mass is 229 g/mol. The topological polar surface area (TPSA) is 44.4 Å². The van der Waals surface area contributed by atoms with Crippen LogP contribution in [0, 0.1) is 0 Å². The van der Waals surface area contributed by atoms with Gasteiger partial charge in [0, 0.05) is 18.6 Å². The predicted molar refractivity (Wildman–Crippen MR) is 68.5 cm³/mol. The molecule has 0 aromatic rings. The molecule has 0 bridgehead atoms. The third kappa shape index (κ3) is 7.65. The molecule has 0 saturated carbocycles. The molecule has 96 valence electrons. The minimum absolute atomic E-state index is 0.0617. The number of carbonyl (C=O) groups excluding carboxylic acids is 1. The SMILES string of the molecule is CCN(C)CCNC(C)C(=O)NC(C)(C)C. The molecule has 0 saturated heterocycles. The van der Waals surface area contributed by atoms with Gasteiger partial charge in [-0.3, -0.25) is 4.79 Å². The average Bonchev–Trinajstić information content (AvgIpc) is 2.14. The highest BCUT2D eigenvalue weighted by Crippen LogP contribution is 1.99. The Kier molecular flexibility index (Phi) is 6.60. The second kappa shape index (κ2) is 6.86. The maximum Gasteiger partial charge on any atom is 0.237 e. The molecule has 0 fully saturated rings. The van der Waals surface area contributed by atoms with Crippen LogP contribution < -0.4 is 10.6 Å². The van der Waals surface area contributed by atoms with Crippen molar-refractivity contribution in [1.82, 2.24) is 15.5 Å². The first-order valence-corrected chi connectivity index (χ1v) is 6.00. The average molecular weight is 229 g/mol. The van der Waals surface area contributed by atoms with Gasteiger partial charge in [0.15, 0.2) is 0 Å². The number of nitrogens with zero attached hydrogens (tertiary/aromatic N) is 1. The largest absolute Gasteiger partial charge is 0.350 e. The Morgan fingerprint density at radius 2 is 1.94 bits per heavy atom. The van der Waals surface area contributed by atoms with Crippen molar-refractivity contribution in [2.24, 2.45) is 0 Å². The minimum atomic E-state index is -0.159. The van der Waals surface area contributed by atoms with Crippen molar-refractivity contribution >= 4 is 5.91 Å². The van der Waals surface area contributed by atoms with Gasteiger partial charge in [-0.2, -0.15) is 0 Å². The van der Waals surface area contributed by atoms with Crippen LogP contribution in [0.15, 0.2) is 0 Å². The maximum absolute atomic E-state index is 11.7. The molecule has 0 aromatic heterocycles. The lowest BCUT2D eigenvalue weighted by Crippen LogP contribution is -2.50. The van der Waals surface area contributed by atoms with Crippen molar-refractivity contribution in [3.8, 4) is 0 Å². The number of amides is 1. The summed E-state index contributed by atoms with van der Waals surface area (Å²) in [5.41, 5.74) is -0.159. The molecule has 2 N–H and O–H groups in total. The lowest BCUT2D eigenvalue weighted by molar-refractivity contribution is -0.124. The Hall–Kier alpha value is -0.610. The Balaban J connectivity index is 3.80. The molecule has 16 heavy (non-hydrogen) atoms. The van der Waals surface area contributed by atoms with E-state index in [2.05, 4.69) is 29.5 Å². The molecule has 0 rings (SSSR count). The van der Waals surface area contributed by atoms with Gasteiger partial charge < -0.3 is 15.5 Å². The van der Waals surface area contributed by atoms with Crippen molar-refractivity contribution in [2.45, 2.75) is 46.2 Å². The molecule has 0 radical (unpaired) electrons. The van der Waals surface area contributed by atoms with Crippen LogP contribution in [0.2, 0.25) is 0 Å². The number of hydrogen-bond acceptors (Lipinski definition) is 3. The molecule has 0 aromatic carbocycles. The maximum atomic E-state index is 11.7. The summed E-state index contributed by atoms with van der Waals surface area (Å²) in [5, 5.41) is 6.17. The molecule has 0 heterocycles. The van der Waals surface area contributed by atoms with Gasteiger partial charge in [-0.15, -0.1) is 0 Å². The Bertz CT molecular complexity index is 211. The zero-order chi connectivity index (χ0) is 12.8. The van der Waals surface area contributed by atoms with Crippen molar-refractivity contribution in [3.63, 3.8) is 0 Å². The molecule has 0 aliphatic rings. The van der Waals surface area contributed by atoms with Crippen LogP contribution in [0.25, 0.3) is 0 Å². The van der Waals surface area contributed by atoms with Crippen molar-refractivity contribution in [2.75, 3.05) is 26.7 Å². The first-order valence-electron chi connectivity index (χ1n) is 6.00. The normalized spacial score (nSPS) is 13.9. The van der Waals surface area contributed by atoms with E-state index in [1.807, 2.05) is 27.7 Å². The van der Waals surface area contributed by atoms with Gasteiger partial charge >= 0.3 is 0 Å². The molecule has 1 amide bonds. The van der Waals surface area contributed by atoms with Crippen LogP contribution in [-0.4, -0.2) is 49.1 Å². The van der Waals surface area contributed by atoms with E-state index in [0.717, 1.165) is 19.6 Å². The fraction of sp³-hybridized carbons (Fsp3) is 0.917. The van der Waals surface area contributed by atoms with E-state index < -0.39 is 0 Å². The predicted octanol–water partition coefficient (Wildman–Crippen LogP) is 0.831. The van der Waals surface area contributed by atoms with E-state index in [1.54, 1.807) is 0 Å². The Labute approximate surface area is 99.8 Å². The summed E-state index contributed by atoms with van der Waals surface area (Å²) >= 11 is 0. The molecule has 4 nitrogen and oxygen atoms in total. The Morgan fingerprint density at radius 3 is 2.38 bits per heavy atom. The molecular weight excluding hydrogens is 202 g/mol. The van der Waals surface area contributed by atoms with Gasteiger partial charge in [0.1, 0.15) is 0 Å². The molecular formula is C12H27N3O. The van der Waals surface area contributed by atoms with Crippen LogP contribution in [0.1, 0.15) is 34.6 Å². The van der Waals surface area contributed by atoms with Crippen molar-refractivity contribution in [1.29, 1.82) is 0 Å². The minimum Gasteiger partial charge on any atom is -0.350 e. The summed E-state index contributed by atoms with van der Waals surface area (Å²) in [7, 11) is 2.07. The molecule has 1 atom stereocenters. The molecule has 4 heteroatoms. The standard InChI is InChI=1S/C12H27N3O/c1-7-15(6)9-8-13-10(2)11(16)14-12(3,4)5/h10,13H,7-9H2,1-6H3,(H,14,16). The number of rotatable bonds is 6. The highest BCUT2D eigenvalue weighted by Gasteiger charge is 2.18. The smallest absolute Gasteiger partial charge is 0.237 e. The van der Waals surface area contributed by atoms with Gasteiger partial charge in [-0.25, -0.2) is 0 Å². The quantitative estimate of drug-likeness (QED) is 0.709. The van der Waals surface area contributed by atoms with E-state index in [-0.39, 0.29) is 17.5 Å². The van der Waals surface area contributed by atoms with Crippen molar-refractivity contribution < 1.29 is 4.79 Å². The second-order valence-electron chi connectivity index (χ2n) is 5.31. The van der Waals surface area contributed by atoms with E-state index >= 15 is 0 Å². The lowest BCUT2D eigenvalue weighted by atomic mass is 10.1. The molecule has 1 unspecified atom stereocenters. The van der Waals surface area contributed by atoms with Crippen LogP contribution in [0.3, 0.4) is 0 Å². The van der Waals surface area contributed by atoms with Gasteiger partial charge in [0.25, 0.3) is 0 Å². The van der Waals surface area contributed by atoms with E-state index in [4.69, 9.17) is 0 Å². The highest BCUT2D eigenvalue weighted by atomic mass is 16.2. The third-order valence-corrected chi connectivity index (χ3v) is 2.38. The number of likely N-dealkylation sites (N-methyl/N-ethyl adjacent to an activating group) is 1. The van der Waals surface area contributed by atoms with Crippen molar-refractivity contribution in [3.05, 3.63) is 0 Å². The summed E-state index contributed by atoms with van der Waals surface area (Å²) in [6, 6.07) is -0.135. The van der Waals surface area contributed by atoms with Crippen LogP contribution in [-0.2, 0) is 4.79 Å². The number of hydrogen-bond donors (Lipinski definition) is 2. The summed E-state index contributed by atoms with van der Waals surface area (Å²) in [5.74, 6) is 0.0617. The van der Waals surface area contributed by atoms with E-state index in [1.165, 1.54) is 0 Å². The fourth-order valence-corrected chi connectivity index (χ4v) is 1.20. The zero-order valence-corrected chi connectivity index (χ0v) is 11.6. The second-order valence-corrected chi connectivity index (χ2v) is 5.31. The number of carbonyl (C=O) groups is 1. The first kappa shape index (κ1) is 15.4. The summed E-state index contributed by atoms with van der Waals surface area (Å²) in [6.07, 6.45) is 0. The van der Waals surface area contributed by atoms with Gasteiger partial charge in [0.05, 0.1) is 6.04 Å². The molecule has 0 spiro atoms. The van der Waals surface area contributed by atoms with E-state index in [9.17, 15) is 4.79 Å². The summed E-state index contributed by atoms with van der Waals surface area (Å²) in [6.45, 7) is 12.8.